The van der Waals surface area contributed by atoms with Gasteiger partial charge in [0.1, 0.15) is 0 Å². The van der Waals surface area contributed by atoms with Crippen LogP contribution in [-0.4, -0.2) is 94.0 Å². The van der Waals surface area contributed by atoms with Crippen LogP contribution < -0.4 is 0 Å². The molecule has 9 nitrogen and oxygen atoms in total. The van der Waals surface area contributed by atoms with E-state index in [9.17, 15) is 9.59 Å². The normalized spacial score (nSPS) is 15.5. The van der Waals surface area contributed by atoms with Crippen molar-refractivity contribution in [2.24, 2.45) is 0 Å². The minimum absolute atomic E-state index is 0.0208. The van der Waals surface area contributed by atoms with Gasteiger partial charge in [0.05, 0.1) is 17.0 Å². The Morgan fingerprint density at radius 3 is 2.75 bits per heavy atom. The van der Waals surface area contributed by atoms with Crippen LogP contribution in [0.4, 0.5) is 0 Å². The third-order valence-electron chi connectivity index (χ3n) is 3.99. The van der Waals surface area contributed by atoms with E-state index >= 15 is 0 Å². The van der Waals surface area contributed by atoms with Crippen LogP contribution in [0.2, 0.25) is 0 Å². The fraction of sp³-hybridized carbons (Fsp3) is 0.500. The maximum Gasteiger partial charge on any atom is 0.254 e. The molecule has 128 valence electrons. The Bertz CT molecular complexity index is 707. The van der Waals surface area contributed by atoms with E-state index in [0.717, 1.165) is 18.0 Å². The number of hydrogen-bond acceptors (Lipinski definition) is 7. The van der Waals surface area contributed by atoms with E-state index in [1.54, 1.807) is 18.5 Å². The SMILES string of the molecule is CN1CCN(C(=O)CN(C)C(=O)c2csc(-c3nn[nH]n3)c2)CC1. The molecule has 10 heteroatoms. The van der Waals surface area contributed by atoms with Gasteiger partial charge in [-0.05, 0) is 18.3 Å². The van der Waals surface area contributed by atoms with E-state index in [1.165, 1.54) is 16.2 Å². The van der Waals surface area contributed by atoms with Gasteiger partial charge in [-0.2, -0.15) is 5.21 Å². The van der Waals surface area contributed by atoms with Crippen molar-refractivity contribution in [1.29, 1.82) is 0 Å². The number of amides is 2. The van der Waals surface area contributed by atoms with Crippen molar-refractivity contribution in [3.63, 3.8) is 0 Å². The Balaban J connectivity index is 1.59. The molecule has 1 aliphatic heterocycles. The lowest BCUT2D eigenvalue weighted by Gasteiger charge is -2.33. The molecule has 24 heavy (non-hydrogen) atoms. The molecular formula is C14H19N7O2S. The van der Waals surface area contributed by atoms with Crippen molar-refractivity contribution in [1.82, 2.24) is 35.3 Å². The van der Waals surface area contributed by atoms with Crippen LogP contribution in [0.5, 0.6) is 0 Å². The summed E-state index contributed by atoms with van der Waals surface area (Å²) >= 11 is 1.37. The molecule has 3 rings (SSSR count). The molecule has 0 unspecified atom stereocenters. The summed E-state index contributed by atoms with van der Waals surface area (Å²) in [4.78, 5) is 31.0. The number of hydrogen-bond donors (Lipinski definition) is 1. The fourth-order valence-corrected chi connectivity index (χ4v) is 3.29. The maximum atomic E-state index is 12.5. The molecule has 1 saturated heterocycles. The highest BCUT2D eigenvalue weighted by atomic mass is 32.1. The van der Waals surface area contributed by atoms with Crippen LogP contribution in [0.25, 0.3) is 10.7 Å². The first-order valence-corrected chi connectivity index (χ1v) is 8.46. The van der Waals surface area contributed by atoms with Crippen LogP contribution in [0, 0.1) is 0 Å². The molecule has 0 saturated carbocycles. The summed E-state index contributed by atoms with van der Waals surface area (Å²) in [6.07, 6.45) is 0. The highest BCUT2D eigenvalue weighted by Crippen LogP contribution is 2.24. The molecule has 1 fully saturated rings. The number of carbonyl (C=O) groups excluding carboxylic acids is 2. The number of rotatable bonds is 4. The number of piperazine rings is 1. The van der Waals surface area contributed by atoms with Gasteiger partial charge < -0.3 is 14.7 Å². The van der Waals surface area contributed by atoms with Crippen LogP contribution in [0.15, 0.2) is 11.4 Å². The smallest absolute Gasteiger partial charge is 0.254 e. The number of carbonyl (C=O) groups is 2. The lowest BCUT2D eigenvalue weighted by molar-refractivity contribution is -0.133. The summed E-state index contributed by atoms with van der Waals surface area (Å²) in [5.41, 5.74) is 0.522. The monoisotopic (exact) mass is 349 g/mol. The van der Waals surface area contributed by atoms with Gasteiger partial charge in [0.15, 0.2) is 0 Å². The number of nitrogens with one attached hydrogen (secondary N) is 1. The van der Waals surface area contributed by atoms with E-state index in [2.05, 4.69) is 25.5 Å². The van der Waals surface area contributed by atoms with Crippen LogP contribution in [0.1, 0.15) is 10.4 Å². The number of H-pyrrole nitrogens is 1. The first-order valence-electron chi connectivity index (χ1n) is 7.58. The Kier molecular flexibility index (Phi) is 4.86. The van der Waals surface area contributed by atoms with Crippen molar-refractivity contribution < 1.29 is 9.59 Å². The minimum atomic E-state index is -0.191. The molecule has 1 aliphatic rings. The van der Waals surface area contributed by atoms with Crippen molar-refractivity contribution in [2.75, 3.05) is 46.8 Å². The first kappa shape index (κ1) is 16.5. The quantitative estimate of drug-likeness (QED) is 0.819. The zero-order chi connectivity index (χ0) is 17.1. The van der Waals surface area contributed by atoms with Gasteiger partial charge in [0, 0.05) is 38.6 Å². The zero-order valence-corrected chi connectivity index (χ0v) is 14.4. The summed E-state index contributed by atoms with van der Waals surface area (Å²) in [5.74, 6) is 0.242. The lowest BCUT2D eigenvalue weighted by atomic mass is 10.2. The fourth-order valence-electron chi connectivity index (χ4n) is 2.48. The van der Waals surface area contributed by atoms with Crippen LogP contribution >= 0.6 is 11.3 Å². The molecule has 0 aromatic carbocycles. The molecule has 2 aromatic rings. The van der Waals surface area contributed by atoms with Gasteiger partial charge in [0.25, 0.3) is 5.91 Å². The Labute approximate surface area is 143 Å². The highest BCUT2D eigenvalue weighted by Gasteiger charge is 2.23. The Hall–Kier alpha value is -2.33. The third-order valence-corrected chi connectivity index (χ3v) is 4.91. The Morgan fingerprint density at radius 2 is 2.08 bits per heavy atom. The maximum absolute atomic E-state index is 12.5. The molecule has 3 heterocycles. The second-order valence-electron chi connectivity index (χ2n) is 5.78. The number of thiophene rings is 1. The van der Waals surface area contributed by atoms with Gasteiger partial charge in [-0.3, -0.25) is 9.59 Å². The summed E-state index contributed by atoms with van der Waals surface area (Å²) in [6, 6.07) is 1.72. The van der Waals surface area contributed by atoms with Gasteiger partial charge >= 0.3 is 0 Å². The summed E-state index contributed by atoms with van der Waals surface area (Å²) in [7, 11) is 3.68. The third kappa shape index (κ3) is 3.60. The van der Waals surface area contributed by atoms with Crippen molar-refractivity contribution in [3.8, 4) is 10.7 Å². The molecule has 1 N–H and O–H groups in total. The van der Waals surface area contributed by atoms with Crippen molar-refractivity contribution in [3.05, 3.63) is 17.0 Å². The first-order chi connectivity index (χ1) is 11.5. The van der Waals surface area contributed by atoms with Gasteiger partial charge in [-0.25, -0.2) is 0 Å². The predicted octanol–water partition coefficient (Wildman–Crippen LogP) is -0.226. The molecule has 2 aromatic heterocycles. The summed E-state index contributed by atoms with van der Waals surface area (Å²) < 4.78 is 0. The van der Waals surface area contributed by atoms with E-state index in [1.807, 2.05) is 11.9 Å². The van der Waals surface area contributed by atoms with Gasteiger partial charge in [0.2, 0.25) is 11.7 Å². The number of tetrazole rings is 1. The van der Waals surface area contributed by atoms with Crippen molar-refractivity contribution >= 4 is 23.2 Å². The zero-order valence-electron chi connectivity index (χ0n) is 13.6. The minimum Gasteiger partial charge on any atom is -0.339 e. The van der Waals surface area contributed by atoms with Crippen LogP contribution in [0.3, 0.4) is 0 Å². The molecule has 0 radical (unpaired) electrons. The van der Waals surface area contributed by atoms with Crippen molar-refractivity contribution in [2.45, 2.75) is 0 Å². The second-order valence-corrected chi connectivity index (χ2v) is 6.69. The largest absolute Gasteiger partial charge is 0.339 e. The lowest BCUT2D eigenvalue weighted by Crippen LogP contribution is -2.50. The summed E-state index contributed by atoms with van der Waals surface area (Å²) in [5, 5.41) is 15.4. The highest BCUT2D eigenvalue weighted by molar-refractivity contribution is 7.13. The number of likely N-dealkylation sites (N-methyl/N-ethyl adjacent to an activating group) is 2. The Morgan fingerprint density at radius 1 is 1.33 bits per heavy atom. The van der Waals surface area contributed by atoms with E-state index < -0.39 is 0 Å². The topological polar surface area (TPSA) is 98.3 Å². The summed E-state index contributed by atoms with van der Waals surface area (Å²) in [6.45, 7) is 3.22. The average molecular weight is 349 g/mol. The molecule has 0 atom stereocenters. The molecule has 0 aliphatic carbocycles. The van der Waals surface area contributed by atoms with E-state index in [0.29, 0.717) is 24.5 Å². The molecular weight excluding hydrogens is 330 g/mol. The molecule has 0 spiro atoms. The van der Waals surface area contributed by atoms with Gasteiger partial charge in [-0.1, -0.05) is 0 Å². The van der Waals surface area contributed by atoms with E-state index in [4.69, 9.17) is 0 Å². The van der Waals surface area contributed by atoms with Gasteiger partial charge in [-0.15, -0.1) is 21.5 Å². The number of aromatic nitrogens is 4. The predicted molar refractivity (Wildman–Crippen MR) is 88.5 cm³/mol. The average Bonchev–Trinajstić information content (AvgIpc) is 3.25. The second kappa shape index (κ2) is 7.05. The number of aromatic amines is 1. The number of nitrogens with zero attached hydrogens (tertiary/aromatic N) is 6. The van der Waals surface area contributed by atoms with Crippen LogP contribution in [-0.2, 0) is 4.79 Å². The molecule has 0 bridgehead atoms. The van der Waals surface area contributed by atoms with E-state index in [-0.39, 0.29) is 18.4 Å². The molecule has 2 amide bonds. The standard InChI is InChI=1S/C14H19N7O2S/c1-19-3-5-21(6-4-19)12(22)8-20(2)14(23)10-7-11(24-9-10)13-15-17-18-16-13/h7,9H,3-6,8H2,1-2H3,(H,15,16,17,18).